The maximum Gasteiger partial charge on any atom is 0.0369 e. The Morgan fingerprint density at radius 3 is 2.73 bits per heavy atom. The maximum atomic E-state index is 3.50. The van der Waals surface area contributed by atoms with Crippen LogP contribution in [0.25, 0.3) is 0 Å². The third-order valence-electron chi connectivity index (χ3n) is 3.62. The van der Waals surface area contributed by atoms with Crippen molar-refractivity contribution in [2.75, 3.05) is 26.7 Å². The van der Waals surface area contributed by atoms with E-state index in [1.807, 2.05) is 0 Å². The Morgan fingerprint density at radius 1 is 1.55 bits per heavy atom. The number of nitrogens with zero attached hydrogens (tertiary/aromatic N) is 1. The average Bonchev–Trinajstić information content (AvgIpc) is 2.07. The third kappa shape index (κ3) is 0.926. The van der Waals surface area contributed by atoms with Crippen LogP contribution in [0.3, 0.4) is 0 Å². The van der Waals surface area contributed by atoms with Crippen molar-refractivity contribution in [2.45, 2.75) is 25.3 Å². The predicted molar refractivity (Wildman–Crippen MR) is 46.6 cm³/mol. The molecule has 0 saturated carbocycles. The van der Waals surface area contributed by atoms with Crippen LogP contribution >= 0.6 is 0 Å². The van der Waals surface area contributed by atoms with Crippen molar-refractivity contribution in [1.29, 1.82) is 0 Å². The SMILES string of the molecule is CC1CN(C)C12CCCNC2. The molecule has 2 saturated heterocycles. The summed E-state index contributed by atoms with van der Waals surface area (Å²) in [5.74, 6) is 0.903. The highest BCUT2D eigenvalue weighted by Gasteiger charge is 2.48. The quantitative estimate of drug-likeness (QED) is 0.552. The summed E-state index contributed by atoms with van der Waals surface area (Å²) in [6.07, 6.45) is 2.76. The van der Waals surface area contributed by atoms with E-state index in [0.29, 0.717) is 5.54 Å². The van der Waals surface area contributed by atoms with Gasteiger partial charge in [0.15, 0.2) is 0 Å². The first kappa shape index (κ1) is 7.56. The van der Waals surface area contributed by atoms with Crippen molar-refractivity contribution in [3.63, 3.8) is 0 Å². The lowest BCUT2D eigenvalue weighted by atomic mass is 9.71. The zero-order valence-corrected chi connectivity index (χ0v) is 7.56. The van der Waals surface area contributed by atoms with Gasteiger partial charge in [-0.05, 0) is 32.4 Å². The summed E-state index contributed by atoms with van der Waals surface area (Å²) in [7, 11) is 2.26. The molecule has 2 nitrogen and oxygen atoms in total. The first-order valence-corrected chi connectivity index (χ1v) is 4.68. The Bertz CT molecular complexity index is 140. The van der Waals surface area contributed by atoms with Gasteiger partial charge in [-0.25, -0.2) is 0 Å². The predicted octanol–water partition coefficient (Wildman–Crippen LogP) is 0.690. The van der Waals surface area contributed by atoms with Crippen LogP contribution in [0.4, 0.5) is 0 Å². The summed E-state index contributed by atoms with van der Waals surface area (Å²) in [5, 5.41) is 3.50. The first-order chi connectivity index (χ1) is 5.26. The van der Waals surface area contributed by atoms with E-state index in [1.165, 1.54) is 32.5 Å². The second-order valence-corrected chi connectivity index (χ2v) is 4.17. The summed E-state index contributed by atoms with van der Waals surface area (Å²) in [6, 6.07) is 0. The summed E-state index contributed by atoms with van der Waals surface area (Å²) in [4.78, 5) is 2.52. The molecule has 0 aromatic heterocycles. The van der Waals surface area contributed by atoms with Crippen LogP contribution in [-0.2, 0) is 0 Å². The molecule has 0 aromatic rings. The van der Waals surface area contributed by atoms with Gasteiger partial charge in [0.25, 0.3) is 0 Å². The average molecular weight is 154 g/mol. The topological polar surface area (TPSA) is 15.3 Å². The Balaban J connectivity index is 2.06. The number of likely N-dealkylation sites (N-methyl/N-ethyl adjacent to an activating group) is 1. The van der Waals surface area contributed by atoms with Gasteiger partial charge in [0, 0.05) is 18.6 Å². The van der Waals surface area contributed by atoms with Gasteiger partial charge in [-0.2, -0.15) is 0 Å². The van der Waals surface area contributed by atoms with Gasteiger partial charge in [0.1, 0.15) is 0 Å². The highest BCUT2D eigenvalue weighted by atomic mass is 15.3. The molecule has 2 aliphatic rings. The number of piperidine rings is 1. The van der Waals surface area contributed by atoms with Crippen molar-refractivity contribution >= 4 is 0 Å². The molecule has 1 N–H and O–H groups in total. The van der Waals surface area contributed by atoms with Crippen molar-refractivity contribution in [3.05, 3.63) is 0 Å². The van der Waals surface area contributed by atoms with E-state index in [-0.39, 0.29) is 0 Å². The molecule has 0 radical (unpaired) electrons. The largest absolute Gasteiger partial charge is 0.315 e. The van der Waals surface area contributed by atoms with Crippen molar-refractivity contribution < 1.29 is 0 Å². The first-order valence-electron chi connectivity index (χ1n) is 4.68. The fraction of sp³-hybridized carbons (Fsp3) is 1.00. The monoisotopic (exact) mass is 154 g/mol. The summed E-state index contributed by atoms with van der Waals surface area (Å²) >= 11 is 0. The van der Waals surface area contributed by atoms with Gasteiger partial charge in [-0.1, -0.05) is 6.92 Å². The molecule has 0 aliphatic carbocycles. The number of nitrogens with one attached hydrogen (secondary N) is 1. The maximum absolute atomic E-state index is 3.50. The Hall–Kier alpha value is -0.0800. The van der Waals surface area contributed by atoms with E-state index in [0.717, 1.165) is 5.92 Å². The molecule has 2 aliphatic heterocycles. The van der Waals surface area contributed by atoms with Gasteiger partial charge < -0.3 is 5.32 Å². The molecule has 2 unspecified atom stereocenters. The minimum absolute atomic E-state index is 0.540. The Kier molecular flexibility index (Phi) is 1.69. The van der Waals surface area contributed by atoms with Gasteiger partial charge in [-0.3, -0.25) is 4.90 Å². The van der Waals surface area contributed by atoms with Gasteiger partial charge in [0.05, 0.1) is 0 Å². The van der Waals surface area contributed by atoms with Crippen LogP contribution in [0.15, 0.2) is 0 Å². The minimum atomic E-state index is 0.540. The molecule has 1 spiro atoms. The van der Waals surface area contributed by atoms with Crippen molar-refractivity contribution in [1.82, 2.24) is 10.2 Å². The highest BCUT2D eigenvalue weighted by Crippen LogP contribution is 2.39. The number of hydrogen-bond donors (Lipinski definition) is 1. The van der Waals surface area contributed by atoms with Crippen molar-refractivity contribution in [3.8, 4) is 0 Å². The molecule has 2 heteroatoms. The lowest BCUT2D eigenvalue weighted by Gasteiger charge is -2.58. The highest BCUT2D eigenvalue weighted by molar-refractivity contribution is 5.06. The molecular weight excluding hydrogens is 136 g/mol. The third-order valence-corrected chi connectivity index (χ3v) is 3.62. The van der Waals surface area contributed by atoms with Crippen LogP contribution in [0.5, 0.6) is 0 Å². The number of hydrogen-bond acceptors (Lipinski definition) is 2. The van der Waals surface area contributed by atoms with E-state index in [2.05, 4.69) is 24.2 Å². The lowest BCUT2D eigenvalue weighted by molar-refractivity contribution is -0.0676. The zero-order valence-electron chi connectivity index (χ0n) is 7.56. The summed E-state index contributed by atoms with van der Waals surface area (Å²) in [5.41, 5.74) is 0.540. The van der Waals surface area contributed by atoms with E-state index in [4.69, 9.17) is 0 Å². The van der Waals surface area contributed by atoms with E-state index in [9.17, 15) is 0 Å². The zero-order chi connectivity index (χ0) is 7.90. The fourth-order valence-corrected chi connectivity index (χ4v) is 2.69. The molecular formula is C9H18N2. The Labute approximate surface area is 69.0 Å². The number of rotatable bonds is 0. The summed E-state index contributed by atoms with van der Waals surface area (Å²) in [6.45, 7) is 6.11. The van der Waals surface area contributed by atoms with Crippen molar-refractivity contribution in [2.24, 2.45) is 5.92 Å². The van der Waals surface area contributed by atoms with Crippen LogP contribution in [0.2, 0.25) is 0 Å². The number of likely N-dealkylation sites (tertiary alicyclic amines) is 1. The molecule has 2 fully saturated rings. The van der Waals surface area contributed by atoms with Gasteiger partial charge in [-0.15, -0.1) is 0 Å². The molecule has 64 valence electrons. The molecule has 0 aromatic carbocycles. The van der Waals surface area contributed by atoms with Crippen LogP contribution in [-0.4, -0.2) is 37.1 Å². The fourth-order valence-electron chi connectivity index (χ4n) is 2.69. The molecule has 0 bridgehead atoms. The van der Waals surface area contributed by atoms with E-state index < -0.39 is 0 Å². The molecule has 2 heterocycles. The second-order valence-electron chi connectivity index (χ2n) is 4.17. The van der Waals surface area contributed by atoms with Crippen LogP contribution in [0, 0.1) is 5.92 Å². The molecule has 2 rings (SSSR count). The van der Waals surface area contributed by atoms with Gasteiger partial charge in [0.2, 0.25) is 0 Å². The second kappa shape index (κ2) is 2.46. The Morgan fingerprint density at radius 2 is 2.36 bits per heavy atom. The van der Waals surface area contributed by atoms with Crippen LogP contribution in [0.1, 0.15) is 19.8 Å². The minimum Gasteiger partial charge on any atom is -0.315 e. The smallest absolute Gasteiger partial charge is 0.0369 e. The molecule has 2 atom stereocenters. The lowest BCUT2D eigenvalue weighted by Crippen LogP contribution is -2.70. The van der Waals surface area contributed by atoms with E-state index >= 15 is 0 Å². The van der Waals surface area contributed by atoms with E-state index in [1.54, 1.807) is 0 Å². The standard InChI is InChI=1S/C9H18N2/c1-8-6-11(2)9(8)4-3-5-10-7-9/h8,10H,3-7H2,1-2H3. The van der Waals surface area contributed by atoms with Crippen LogP contribution < -0.4 is 5.32 Å². The molecule has 0 amide bonds. The molecule has 11 heavy (non-hydrogen) atoms. The summed E-state index contributed by atoms with van der Waals surface area (Å²) < 4.78 is 0. The van der Waals surface area contributed by atoms with Gasteiger partial charge >= 0.3 is 0 Å². The normalized spacial score (nSPS) is 45.8.